The van der Waals surface area contributed by atoms with Gasteiger partial charge in [0.2, 0.25) is 0 Å². The van der Waals surface area contributed by atoms with E-state index in [0.717, 1.165) is 12.5 Å². The highest BCUT2D eigenvalue weighted by Gasteiger charge is 2.13. The maximum Gasteiger partial charge on any atom is 0.338 e. The lowest BCUT2D eigenvalue weighted by Crippen LogP contribution is -2.12. The third kappa shape index (κ3) is 12.1. The fourth-order valence-electron chi connectivity index (χ4n) is 2.65. The van der Waals surface area contributed by atoms with Gasteiger partial charge in [0, 0.05) is 12.5 Å². The number of hydrogen-bond donors (Lipinski definition) is 1. The molecule has 0 unspecified atom stereocenters. The summed E-state index contributed by atoms with van der Waals surface area (Å²) in [4.78, 5) is 22.3. The van der Waals surface area contributed by atoms with Gasteiger partial charge in [-0.3, -0.25) is 0 Å². The molecule has 212 valence electrons. The van der Waals surface area contributed by atoms with Crippen LogP contribution in [-0.2, 0) is 24.4 Å². The van der Waals surface area contributed by atoms with E-state index in [2.05, 4.69) is 0 Å². The van der Waals surface area contributed by atoms with E-state index >= 15 is 0 Å². The molecule has 0 amide bonds. The Morgan fingerprint density at radius 2 is 1.16 bits per heavy atom. The van der Waals surface area contributed by atoms with Crippen molar-refractivity contribution in [3.8, 4) is 23.0 Å². The van der Waals surface area contributed by atoms with Gasteiger partial charge >= 0.3 is 11.9 Å². The van der Waals surface area contributed by atoms with Gasteiger partial charge in [-0.2, -0.15) is 0 Å². The summed E-state index contributed by atoms with van der Waals surface area (Å²) in [6, 6.07) is 8.70. The molecule has 0 saturated carbocycles. The Morgan fingerprint density at radius 3 is 1.53 bits per heavy atom. The molecule has 38 heavy (non-hydrogen) atoms. The molecule has 0 aliphatic carbocycles. The van der Waals surface area contributed by atoms with E-state index < -0.39 is 31.6 Å². The van der Waals surface area contributed by atoms with Gasteiger partial charge in [0.25, 0.3) is 0 Å². The minimum atomic E-state index is -3.10. The van der Waals surface area contributed by atoms with Gasteiger partial charge in [-0.15, -0.1) is 0 Å². The first kappa shape index (κ1) is 32.5. The minimum Gasteiger partial charge on any atom is -0.493 e. The SMILES string of the molecule is CCOC(=O)c1ccc(OCCS(C)(=O)=O)c(OC)c1.COc1cc(C(=O)O)ccc1OCCS(C)(=O)=O. The molecule has 2 aromatic carbocycles. The maximum absolute atomic E-state index is 11.6. The van der Waals surface area contributed by atoms with Gasteiger partial charge in [0.15, 0.2) is 42.7 Å². The molecule has 0 heterocycles. The summed E-state index contributed by atoms with van der Waals surface area (Å²) >= 11 is 0. The van der Waals surface area contributed by atoms with E-state index in [-0.39, 0.29) is 42.6 Å². The average Bonchev–Trinajstić information content (AvgIpc) is 2.83. The van der Waals surface area contributed by atoms with Crippen molar-refractivity contribution >= 4 is 31.6 Å². The molecule has 0 radical (unpaired) electrons. The lowest BCUT2D eigenvalue weighted by atomic mass is 10.2. The fraction of sp³-hybridized carbons (Fsp3) is 0.417. The number of benzene rings is 2. The highest BCUT2D eigenvalue weighted by Crippen LogP contribution is 2.29. The van der Waals surface area contributed by atoms with Crippen LogP contribution in [0.2, 0.25) is 0 Å². The van der Waals surface area contributed by atoms with Crippen molar-refractivity contribution in [2.75, 3.05) is 58.1 Å². The van der Waals surface area contributed by atoms with Crippen molar-refractivity contribution < 1.29 is 55.2 Å². The predicted molar refractivity (Wildman–Crippen MR) is 139 cm³/mol. The van der Waals surface area contributed by atoms with Crippen LogP contribution in [0.4, 0.5) is 0 Å². The topological polar surface area (TPSA) is 169 Å². The van der Waals surface area contributed by atoms with Crippen molar-refractivity contribution in [1.82, 2.24) is 0 Å². The summed E-state index contributed by atoms with van der Waals surface area (Å²) in [5, 5.41) is 8.80. The summed E-state index contributed by atoms with van der Waals surface area (Å²) in [6.45, 7) is 2.01. The number of hydrogen-bond acceptors (Lipinski definition) is 11. The number of carbonyl (C=O) groups excluding carboxylic acids is 1. The van der Waals surface area contributed by atoms with Crippen LogP contribution in [-0.4, -0.2) is 91.9 Å². The van der Waals surface area contributed by atoms with Crippen molar-refractivity contribution in [2.24, 2.45) is 0 Å². The molecule has 0 bridgehead atoms. The van der Waals surface area contributed by atoms with Gasteiger partial charge in [0.05, 0.1) is 43.5 Å². The van der Waals surface area contributed by atoms with Crippen molar-refractivity contribution in [3.63, 3.8) is 0 Å². The van der Waals surface area contributed by atoms with Crippen LogP contribution in [0.1, 0.15) is 27.6 Å². The second-order valence-electron chi connectivity index (χ2n) is 7.71. The number of methoxy groups -OCH3 is 2. The summed E-state index contributed by atoms with van der Waals surface area (Å²) in [7, 11) is -3.36. The number of esters is 1. The molecule has 14 heteroatoms. The standard InChI is InChI=1S/C13H18O6S.C11H14O6S/c1-4-18-13(14)10-5-6-11(12(9-10)17-2)19-7-8-20(3,15)16;1-16-10-7-8(11(12)13)3-4-9(10)17-5-6-18(2,14)15/h5-6,9H,4,7-8H2,1-3H3;3-4,7H,5-6H2,1-2H3,(H,12,13). The smallest absolute Gasteiger partial charge is 0.338 e. The lowest BCUT2D eigenvalue weighted by Gasteiger charge is -2.11. The van der Waals surface area contributed by atoms with E-state index in [1.54, 1.807) is 13.0 Å². The number of ether oxygens (including phenoxy) is 5. The van der Waals surface area contributed by atoms with Crippen LogP contribution in [0.25, 0.3) is 0 Å². The predicted octanol–water partition coefficient (Wildman–Crippen LogP) is 2.11. The van der Waals surface area contributed by atoms with Crippen LogP contribution in [0.5, 0.6) is 23.0 Å². The highest BCUT2D eigenvalue weighted by molar-refractivity contribution is 7.90. The molecular weight excluding hydrogens is 544 g/mol. The average molecular weight is 577 g/mol. The molecule has 0 fully saturated rings. The molecule has 0 aliphatic heterocycles. The number of carbonyl (C=O) groups is 2. The molecule has 2 aromatic rings. The van der Waals surface area contributed by atoms with Gasteiger partial charge in [-0.25, -0.2) is 26.4 Å². The van der Waals surface area contributed by atoms with Gasteiger partial charge in [-0.1, -0.05) is 0 Å². The number of carboxylic acid groups (broad SMARTS) is 1. The van der Waals surface area contributed by atoms with Crippen LogP contribution in [0, 0.1) is 0 Å². The van der Waals surface area contributed by atoms with Crippen LogP contribution < -0.4 is 18.9 Å². The first-order valence-electron chi connectivity index (χ1n) is 11.1. The van der Waals surface area contributed by atoms with E-state index in [0.29, 0.717) is 22.8 Å². The largest absolute Gasteiger partial charge is 0.493 e. The Hall–Kier alpha value is -3.52. The fourth-order valence-corrected chi connectivity index (χ4v) is 3.43. The van der Waals surface area contributed by atoms with Crippen LogP contribution >= 0.6 is 0 Å². The molecule has 0 aromatic heterocycles. The third-order valence-corrected chi connectivity index (χ3v) is 6.33. The van der Waals surface area contributed by atoms with Gasteiger partial charge in [-0.05, 0) is 43.3 Å². The monoisotopic (exact) mass is 576 g/mol. The summed E-state index contributed by atoms with van der Waals surface area (Å²) in [6.07, 6.45) is 2.25. The van der Waals surface area contributed by atoms with Crippen molar-refractivity contribution in [2.45, 2.75) is 6.92 Å². The van der Waals surface area contributed by atoms with Crippen molar-refractivity contribution in [3.05, 3.63) is 47.5 Å². The second kappa shape index (κ2) is 15.0. The number of sulfone groups is 2. The molecular formula is C24H32O12S2. The van der Waals surface area contributed by atoms with E-state index in [4.69, 9.17) is 28.8 Å². The molecule has 2 rings (SSSR count). The Kier molecular flexibility index (Phi) is 12.9. The molecule has 12 nitrogen and oxygen atoms in total. The number of rotatable bonds is 13. The molecule has 0 atom stereocenters. The Bertz CT molecular complexity index is 1300. The summed E-state index contributed by atoms with van der Waals surface area (Å²) in [5.74, 6) is -0.431. The Morgan fingerprint density at radius 1 is 0.737 bits per heavy atom. The second-order valence-corrected chi connectivity index (χ2v) is 12.2. The zero-order chi connectivity index (χ0) is 28.9. The van der Waals surface area contributed by atoms with E-state index in [1.165, 1.54) is 44.6 Å². The summed E-state index contributed by atoms with van der Waals surface area (Å²) in [5.41, 5.74) is 0.418. The summed E-state index contributed by atoms with van der Waals surface area (Å²) < 4.78 is 69.5. The Labute approximate surface area is 222 Å². The first-order chi connectivity index (χ1) is 17.7. The number of carboxylic acids is 1. The zero-order valence-corrected chi connectivity index (χ0v) is 23.4. The van der Waals surface area contributed by atoms with Crippen molar-refractivity contribution in [1.29, 1.82) is 0 Å². The van der Waals surface area contributed by atoms with E-state index in [1.807, 2.05) is 0 Å². The quantitative estimate of drug-likeness (QED) is 0.345. The normalized spacial score (nSPS) is 11.0. The molecule has 0 spiro atoms. The number of aromatic carboxylic acids is 1. The maximum atomic E-state index is 11.6. The van der Waals surface area contributed by atoms with E-state index in [9.17, 15) is 26.4 Å². The molecule has 0 saturated heterocycles. The van der Waals surface area contributed by atoms with Crippen LogP contribution in [0.15, 0.2) is 36.4 Å². The molecule has 1 N–H and O–H groups in total. The lowest BCUT2D eigenvalue weighted by molar-refractivity contribution is 0.0525. The first-order valence-corrected chi connectivity index (χ1v) is 15.2. The van der Waals surface area contributed by atoms with Gasteiger partial charge < -0.3 is 28.8 Å². The highest BCUT2D eigenvalue weighted by atomic mass is 32.2. The van der Waals surface area contributed by atoms with Gasteiger partial charge in [0.1, 0.15) is 13.2 Å². The minimum absolute atomic E-state index is 0.0123. The Balaban J connectivity index is 0.000000382. The molecule has 0 aliphatic rings. The third-order valence-electron chi connectivity index (χ3n) is 4.51. The zero-order valence-electron chi connectivity index (χ0n) is 21.8. The van der Waals surface area contributed by atoms with Crippen LogP contribution in [0.3, 0.4) is 0 Å².